The summed E-state index contributed by atoms with van der Waals surface area (Å²) in [5, 5.41) is 3.29. The second-order valence-corrected chi connectivity index (χ2v) is 8.71. The third kappa shape index (κ3) is 3.58. The fourth-order valence-corrected chi connectivity index (χ4v) is 5.62. The van der Waals surface area contributed by atoms with Crippen LogP contribution in [0.15, 0.2) is 30.5 Å². The highest BCUT2D eigenvalue weighted by molar-refractivity contribution is 8.16. The second kappa shape index (κ2) is 6.61. The average Bonchev–Trinajstić information content (AvgIpc) is 3.41. The van der Waals surface area contributed by atoms with Gasteiger partial charge in [0, 0.05) is 17.4 Å². The molecular weight excluding hydrogens is 324 g/mol. The van der Waals surface area contributed by atoms with Crippen LogP contribution < -0.4 is 11.1 Å². The molecule has 0 amide bonds. The molecule has 4 rings (SSSR count). The lowest BCUT2D eigenvalue weighted by atomic mass is 10.2. The van der Waals surface area contributed by atoms with Crippen molar-refractivity contribution in [3.63, 3.8) is 0 Å². The van der Waals surface area contributed by atoms with E-state index in [0.717, 1.165) is 11.3 Å². The van der Waals surface area contributed by atoms with Crippen LogP contribution in [0.2, 0.25) is 0 Å². The molecule has 4 nitrogen and oxygen atoms in total. The normalized spacial score (nSPS) is 18.8. The predicted octanol–water partition coefficient (Wildman–Crippen LogP) is 4.55. The van der Waals surface area contributed by atoms with Crippen LogP contribution in [0.5, 0.6) is 0 Å². The average molecular weight is 345 g/mol. The van der Waals surface area contributed by atoms with Crippen molar-refractivity contribution in [1.29, 1.82) is 0 Å². The van der Waals surface area contributed by atoms with Crippen molar-refractivity contribution in [2.75, 3.05) is 22.6 Å². The molecule has 0 unspecified atom stereocenters. The number of hydrogen-bond donors (Lipinski definition) is 2. The van der Waals surface area contributed by atoms with Gasteiger partial charge < -0.3 is 11.1 Å². The summed E-state index contributed by atoms with van der Waals surface area (Å²) in [6, 6.07) is 8.54. The molecule has 2 fully saturated rings. The number of nitrogen functional groups attached to an aromatic ring is 1. The van der Waals surface area contributed by atoms with Crippen LogP contribution in [0.1, 0.15) is 40.9 Å². The van der Waals surface area contributed by atoms with E-state index in [-0.39, 0.29) is 0 Å². The molecule has 0 radical (unpaired) electrons. The van der Waals surface area contributed by atoms with Crippen LogP contribution in [0, 0.1) is 0 Å². The zero-order valence-corrected chi connectivity index (χ0v) is 14.5. The molecule has 0 bridgehead atoms. The van der Waals surface area contributed by atoms with Gasteiger partial charge in [-0.1, -0.05) is 12.1 Å². The van der Waals surface area contributed by atoms with Crippen molar-refractivity contribution in [1.82, 2.24) is 9.97 Å². The molecule has 1 aliphatic heterocycles. The van der Waals surface area contributed by atoms with Crippen LogP contribution in [0.25, 0.3) is 0 Å². The van der Waals surface area contributed by atoms with E-state index in [0.29, 0.717) is 22.3 Å². The van der Waals surface area contributed by atoms with E-state index >= 15 is 0 Å². The number of nitrogens with zero attached hydrogens (tertiary/aromatic N) is 2. The first kappa shape index (κ1) is 15.1. The van der Waals surface area contributed by atoms with E-state index in [2.05, 4.69) is 39.6 Å². The number of nitrogens with one attached hydrogen (secondary N) is 1. The van der Waals surface area contributed by atoms with Gasteiger partial charge in [0.05, 0.1) is 4.58 Å². The summed E-state index contributed by atoms with van der Waals surface area (Å²) in [6.07, 6.45) is 5.60. The quantitative estimate of drug-likeness (QED) is 0.848. The zero-order chi connectivity index (χ0) is 15.6. The van der Waals surface area contributed by atoms with E-state index in [1.807, 2.05) is 29.7 Å². The maximum Gasteiger partial charge on any atom is 0.229 e. The fourth-order valence-electron chi connectivity index (χ4n) is 2.75. The van der Waals surface area contributed by atoms with E-state index < -0.39 is 0 Å². The third-order valence-corrected chi connectivity index (χ3v) is 7.12. The molecule has 2 heterocycles. The van der Waals surface area contributed by atoms with Gasteiger partial charge in [-0.2, -0.15) is 4.98 Å². The van der Waals surface area contributed by atoms with E-state index in [1.165, 1.54) is 36.3 Å². The summed E-state index contributed by atoms with van der Waals surface area (Å²) in [5.74, 6) is 4.26. The first-order valence-corrected chi connectivity index (χ1v) is 10.1. The number of anilines is 3. The van der Waals surface area contributed by atoms with Crippen LogP contribution in [0.4, 0.5) is 17.5 Å². The highest BCUT2D eigenvalue weighted by Crippen LogP contribution is 2.44. The van der Waals surface area contributed by atoms with Crippen molar-refractivity contribution in [3.05, 3.63) is 41.6 Å². The molecule has 3 N–H and O–H groups in total. The number of nitrogens with two attached hydrogens (primary N) is 1. The van der Waals surface area contributed by atoms with Gasteiger partial charge in [0.1, 0.15) is 5.82 Å². The SMILES string of the molecule is Nc1nc(Nc2cccc(C3SCCCS3)c2)ncc1C1CC1. The van der Waals surface area contributed by atoms with Crippen molar-refractivity contribution < 1.29 is 0 Å². The minimum Gasteiger partial charge on any atom is -0.383 e. The maximum absolute atomic E-state index is 6.06. The smallest absolute Gasteiger partial charge is 0.229 e. The summed E-state index contributed by atoms with van der Waals surface area (Å²) < 4.78 is 0.536. The predicted molar refractivity (Wildman–Crippen MR) is 100 cm³/mol. The number of aromatic nitrogens is 2. The summed E-state index contributed by atoms with van der Waals surface area (Å²) >= 11 is 4.06. The van der Waals surface area contributed by atoms with Gasteiger partial charge in [0.25, 0.3) is 0 Å². The van der Waals surface area contributed by atoms with Crippen LogP contribution >= 0.6 is 23.5 Å². The Hall–Kier alpha value is -1.40. The molecule has 1 saturated heterocycles. The van der Waals surface area contributed by atoms with E-state index in [9.17, 15) is 0 Å². The topological polar surface area (TPSA) is 63.8 Å². The lowest BCUT2D eigenvalue weighted by Gasteiger charge is -2.21. The van der Waals surface area contributed by atoms with E-state index in [1.54, 1.807) is 0 Å². The summed E-state index contributed by atoms with van der Waals surface area (Å²) in [6.45, 7) is 0. The van der Waals surface area contributed by atoms with Crippen LogP contribution in [0.3, 0.4) is 0 Å². The Morgan fingerprint density at radius 1 is 1.17 bits per heavy atom. The minimum absolute atomic E-state index is 0.536. The molecular formula is C17H20N4S2. The van der Waals surface area contributed by atoms with Gasteiger partial charge in [-0.15, -0.1) is 23.5 Å². The van der Waals surface area contributed by atoms with Gasteiger partial charge in [0.2, 0.25) is 5.95 Å². The number of benzene rings is 1. The number of hydrogen-bond acceptors (Lipinski definition) is 6. The molecule has 23 heavy (non-hydrogen) atoms. The Kier molecular flexibility index (Phi) is 4.35. The van der Waals surface area contributed by atoms with Gasteiger partial charge in [-0.25, -0.2) is 4.98 Å². The lowest BCUT2D eigenvalue weighted by molar-refractivity contribution is 1.05. The molecule has 2 aromatic rings. The summed E-state index contributed by atoms with van der Waals surface area (Å²) in [4.78, 5) is 8.84. The molecule has 0 atom stereocenters. The van der Waals surface area contributed by atoms with Gasteiger partial charge in [-0.3, -0.25) is 0 Å². The maximum atomic E-state index is 6.06. The monoisotopic (exact) mass is 344 g/mol. The number of rotatable bonds is 4. The highest BCUT2D eigenvalue weighted by Gasteiger charge is 2.26. The Balaban J connectivity index is 1.50. The summed E-state index contributed by atoms with van der Waals surface area (Å²) in [7, 11) is 0. The molecule has 6 heteroatoms. The largest absolute Gasteiger partial charge is 0.383 e. The van der Waals surface area contributed by atoms with E-state index in [4.69, 9.17) is 5.73 Å². The van der Waals surface area contributed by atoms with Crippen molar-refractivity contribution in [2.45, 2.75) is 29.8 Å². The standard InChI is InChI=1S/C17H20N4S2/c18-15-14(11-5-6-11)10-19-17(21-15)20-13-4-1-3-12(9-13)16-22-7-2-8-23-16/h1,3-4,9-11,16H,2,5-8H2,(H3,18,19,20,21). The lowest BCUT2D eigenvalue weighted by Crippen LogP contribution is -2.04. The van der Waals surface area contributed by atoms with Crippen LogP contribution in [-0.2, 0) is 0 Å². The Bertz CT molecular complexity index is 697. The fraction of sp³-hybridized carbons (Fsp3) is 0.412. The van der Waals surface area contributed by atoms with Crippen molar-refractivity contribution >= 4 is 41.0 Å². The highest BCUT2D eigenvalue weighted by atomic mass is 32.2. The van der Waals surface area contributed by atoms with Crippen molar-refractivity contribution in [2.24, 2.45) is 0 Å². The number of thioether (sulfide) groups is 2. The molecule has 1 saturated carbocycles. The second-order valence-electron chi connectivity index (χ2n) is 5.99. The van der Waals surface area contributed by atoms with Crippen molar-refractivity contribution in [3.8, 4) is 0 Å². The first-order chi connectivity index (χ1) is 11.3. The molecule has 0 spiro atoms. The molecule has 1 aromatic carbocycles. The Morgan fingerprint density at radius 2 is 2.00 bits per heavy atom. The van der Waals surface area contributed by atoms with Gasteiger partial charge >= 0.3 is 0 Å². The first-order valence-electron chi connectivity index (χ1n) is 8.02. The molecule has 1 aromatic heterocycles. The molecule has 2 aliphatic rings. The zero-order valence-electron chi connectivity index (χ0n) is 12.9. The van der Waals surface area contributed by atoms with Crippen LogP contribution in [-0.4, -0.2) is 21.5 Å². The molecule has 1 aliphatic carbocycles. The molecule has 120 valence electrons. The summed E-state index contributed by atoms with van der Waals surface area (Å²) in [5.41, 5.74) is 9.54. The Morgan fingerprint density at radius 3 is 2.74 bits per heavy atom. The van der Waals surface area contributed by atoms with Gasteiger partial charge in [-0.05, 0) is 54.4 Å². The Labute approximate surface area is 145 Å². The minimum atomic E-state index is 0.536. The van der Waals surface area contributed by atoms with Gasteiger partial charge in [0.15, 0.2) is 0 Å². The third-order valence-electron chi connectivity index (χ3n) is 4.11.